The summed E-state index contributed by atoms with van der Waals surface area (Å²) >= 11 is 0. The first-order valence-electron chi connectivity index (χ1n) is 7.99. The Morgan fingerprint density at radius 2 is 2.13 bits per heavy atom. The molecule has 1 aliphatic rings. The van der Waals surface area contributed by atoms with Crippen LogP contribution in [0.4, 0.5) is 0 Å². The van der Waals surface area contributed by atoms with Gasteiger partial charge in [0.2, 0.25) is 5.91 Å². The Morgan fingerprint density at radius 1 is 1.30 bits per heavy atom. The Bertz CT molecular complexity index is 709. The van der Waals surface area contributed by atoms with Crippen LogP contribution in [0.15, 0.2) is 28.8 Å². The number of fused-ring (bicyclic) bond motifs is 1. The predicted molar refractivity (Wildman–Crippen MR) is 83.9 cm³/mol. The van der Waals surface area contributed by atoms with E-state index in [0.29, 0.717) is 24.2 Å². The van der Waals surface area contributed by atoms with Gasteiger partial charge in [-0.25, -0.2) is 0 Å². The van der Waals surface area contributed by atoms with Crippen molar-refractivity contribution >= 4 is 22.8 Å². The molecule has 1 saturated heterocycles. The molecule has 2 aromatic rings. The molecule has 0 radical (unpaired) electrons. The first-order chi connectivity index (χ1) is 11.1. The molecule has 1 aromatic carbocycles. The van der Waals surface area contributed by atoms with Crippen molar-refractivity contribution in [3.63, 3.8) is 0 Å². The number of hydrogen-bond donors (Lipinski definition) is 1. The van der Waals surface area contributed by atoms with Gasteiger partial charge in [-0.1, -0.05) is 17.3 Å². The van der Waals surface area contributed by atoms with Crippen molar-refractivity contribution in [3.8, 4) is 0 Å². The summed E-state index contributed by atoms with van der Waals surface area (Å²) in [4.78, 5) is 25.3. The molecule has 0 aliphatic carbocycles. The van der Waals surface area contributed by atoms with Crippen LogP contribution in [-0.2, 0) is 16.0 Å². The van der Waals surface area contributed by atoms with E-state index in [1.807, 2.05) is 29.2 Å². The molecule has 1 amide bonds. The minimum atomic E-state index is -0.814. The molecule has 6 heteroatoms. The molecule has 0 spiro atoms. The number of hydrogen-bond acceptors (Lipinski definition) is 4. The van der Waals surface area contributed by atoms with Gasteiger partial charge in [0.15, 0.2) is 5.58 Å². The standard InChI is InChI=1S/C17H20N2O4/c20-16(11-14-13-6-1-2-7-15(13)23-18-14)19-10-4-3-5-12(19)8-9-17(21)22/h1-2,6-7,12H,3-5,8-11H2,(H,21,22)/t12-/m1/s1. The highest BCUT2D eigenvalue weighted by atomic mass is 16.5. The van der Waals surface area contributed by atoms with E-state index in [9.17, 15) is 9.59 Å². The van der Waals surface area contributed by atoms with Crippen LogP contribution >= 0.6 is 0 Å². The summed E-state index contributed by atoms with van der Waals surface area (Å²) in [6.45, 7) is 0.693. The highest BCUT2D eigenvalue weighted by Gasteiger charge is 2.28. The van der Waals surface area contributed by atoms with Crippen molar-refractivity contribution in [2.75, 3.05) is 6.54 Å². The topological polar surface area (TPSA) is 83.6 Å². The number of carbonyl (C=O) groups excluding carboxylic acids is 1. The summed E-state index contributed by atoms with van der Waals surface area (Å²) in [5.41, 5.74) is 1.32. The van der Waals surface area contributed by atoms with Crippen molar-refractivity contribution in [1.82, 2.24) is 10.1 Å². The second-order valence-electron chi connectivity index (χ2n) is 5.97. The predicted octanol–water partition coefficient (Wildman–Crippen LogP) is 2.62. The van der Waals surface area contributed by atoms with Crippen molar-refractivity contribution in [1.29, 1.82) is 0 Å². The van der Waals surface area contributed by atoms with Gasteiger partial charge in [-0.2, -0.15) is 0 Å². The first-order valence-corrected chi connectivity index (χ1v) is 7.99. The number of amides is 1. The number of piperidine rings is 1. The SMILES string of the molecule is O=C(O)CC[C@H]1CCCCN1C(=O)Cc1noc2ccccc12. The molecule has 1 N–H and O–H groups in total. The van der Waals surface area contributed by atoms with Gasteiger partial charge < -0.3 is 14.5 Å². The van der Waals surface area contributed by atoms with E-state index in [-0.39, 0.29) is 24.8 Å². The van der Waals surface area contributed by atoms with Crippen molar-refractivity contribution < 1.29 is 19.2 Å². The van der Waals surface area contributed by atoms with E-state index in [4.69, 9.17) is 9.63 Å². The monoisotopic (exact) mass is 316 g/mol. The highest BCUT2D eigenvalue weighted by Crippen LogP contribution is 2.24. The zero-order valence-corrected chi connectivity index (χ0v) is 12.9. The Hall–Kier alpha value is -2.37. The van der Waals surface area contributed by atoms with Crippen LogP contribution in [0.5, 0.6) is 0 Å². The summed E-state index contributed by atoms with van der Waals surface area (Å²) < 4.78 is 5.24. The number of carboxylic acid groups (broad SMARTS) is 1. The lowest BCUT2D eigenvalue weighted by atomic mass is 9.97. The fourth-order valence-electron chi connectivity index (χ4n) is 3.23. The zero-order valence-electron chi connectivity index (χ0n) is 12.9. The van der Waals surface area contributed by atoms with Gasteiger partial charge >= 0.3 is 5.97 Å². The van der Waals surface area contributed by atoms with Crippen LogP contribution in [0.25, 0.3) is 11.0 Å². The number of likely N-dealkylation sites (tertiary alicyclic amines) is 1. The zero-order chi connectivity index (χ0) is 16.2. The number of carboxylic acids is 1. The quantitative estimate of drug-likeness (QED) is 0.916. The highest BCUT2D eigenvalue weighted by molar-refractivity contribution is 5.86. The lowest BCUT2D eigenvalue weighted by Crippen LogP contribution is -2.44. The van der Waals surface area contributed by atoms with Crippen molar-refractivity contribution in [3.05, 3.63) is 30.0 Å². The van der Waals surface area contributed by atoms with Gasteiger partial charge in [-0.15, -0.1) is 0 Å². The lowest BCUT2D eigenvalue weighted by Gasteiger charge is -2.35. The average molecular weight is 316 g/mol. The van der Waals surface area contributed by atoms with Crippen LogP contribution < -0.4 is 0 Å². The smallest absolute Gasteiger partial charge is 0.303 e. The van der Waals surface area contributed by atoms with E-state index < -0.39 is 5.97 Å². The molecule has 0 unspecified atom stereocenters. The van der Waals surface area contributed by atoms with Gasteiger partial charge in [-0.05, 0) is 37.8 Å². The largest absolute Gasteiger partial charge is 0.481 e. The number of aromatic nitrogens is 1. The number of aliphatic carboxylic acids is 1. The summed E-state index contributed by atoms with van der Waals surface area (Å²) in [6.07, 6.45) is 3.69. The Balaban J connectivity index is 1.71. The molecular formula is C17H20N2O4. The van der Waals surface area contributed by atoms with E-state index in [0.717, 1.165) is 24.6 Å². The van der Waals surface area contributed by atoms with Crippen molar-refractivity contribution in [2.24, 2.45) is 0 Å². The third kappa shape index (κ3) is 3.52. The van der Waals surface area contributed by atoms with Crippen LogP contribution in [0.1, 0.15) is 37.8 Å². The lowest BCUT2D eigenvalue weighted by molar-refractivity contribution is -0.139. The minimum Gasteiger partial charge on any atom is -0.481 e. The number of benzene rings is 1. The minimum absolute atomic E-state index is 0.000795. The molecule has 1 aliphatic heterocycles. The molecule has 23 heavy (non-hydrogen) atoms. The second-order valence-corrected chi connectivity index (χ2v) is 5.97. The molecule has 1 fully saturated rings. The molecule has 122 valence electrons. The van der Waals surface area contributed by atoms with Crippen LogP contribution in [0.3, 0.4) is 0 Å². The van der Waals surface area contributed by atoms with Gasteiger partial charge in [-0.3, -0.25) is 9.59 Å². The number of carbonyl (C=O) groups is 2. The molecule has 1 atom stereocenters. The number of para-hydroxylation sites is 1. The molecule has 2 heterocycles. The normalized spacial score (nSPS) is 18.3. The van der Waals surface area contributed by atoms with Crippen LogP contribution in [0.2, 0.25) is 0 Å². The maximum atomic E-state index is 12.7. The maximum absolute atomic E-state index is 12.7. The first kappa shape index (κ1) is 15.5. The van der Waals surface area contributed by atoms with Gasteiger partial charge in [0.1, 0.15) is 5.69 Å². The summed E-state index contributed by atoms with van der Waals surface area (Å²) in [5.74, 6) is -0.815. The van der Waals surface area contributed by atoms with Gasteiger partial charge in [0.25, 0.3) is 0 Å². The molecule has 3 rings (SSSR count). The van der Waals surface area contributed by atoms with E-state index >= 15 is 0 Å². The summed E-state index contributed by atoms with van der Waals surface area (Å²) in [6, 6.07) is 7.50. The molecule has 0 bridgehead atoms. The van der Waals surface area contributed by atoms with Crippen LogP contribution in [-0.4, -0.2) is 39.6 Å². The van der Waals surface area contributed by atoms with E-state index in [1.54, 1.807) is 0 Å². The fourth-order valence-corrected chi connectivity index (χ4v) is 3.23. The fraction of sp³-hybridized carbons (Fsp3) is 0.471. The average Bonchev–Trinajstić information content (AvgIpc) is 2.96. The van der Waals surface area contributed by atoms with Crippen molar-refractivity contribution in [2.45, 2.75) is 44.6 Å². The molecular weight excluding hydrogens is 296 g/mol. The van der Waals surface area contributed by atoms with E-state index in [2.05, 4.69) is 5.16 Å². The van der Waals surface area contributed by atoms with Gasteiger partial charge in [0.05, 0.1) is 6.42 Å². The Labute approximate surface area is 134 Å². The maximum Gasteiger partial charge on any atom is 0.303 e. The third-order valence-electron chi connectivity index (χ3n) is 4.41. The third-order valence-corrected chi connectivity index (χ3v) is 4.41. The van der Waals surface area contributed by atoms with Crippen LogP contribution in [0, 0.1) is 0 Å². The summed E-state index contributed by atoms with van der Waals surface area (Å²) in [7, 11) is 0. The number of nitrogens with zero attached hydrogens (tertiary/aromatic N) is 2. The Kier molecular flexibility index (Phi) is 4.60. The second kappa shape index (κ2) is 6.81. The molecule has 1 aromatic heterocycles. The molecule has 6 nitrogen and oxygen atoms in total. The Morgan fingerprint density at radius 3 is 2.96 bits per heavy atom. The van der Waals surface area contributed by atoms with Gasteiger partial charge in [0, 0.05) is 24.4 Å². The van der Waals surface area contributed by atoms with E-state index in [1.165, 1.54) is 0 Å². The summed E-state index contributed by atoms with van der Waals surface area (Å²) in [5, 5.41) is 13.7. The molecule has 0 saturated carbocycles. The number of rotatable bonds is 5.